The summed E-state index contributed by atoms with van der Waals surface area (Å²) in [5.41, 5.74) is 1.01. The van der Waals surface area contributed by atoms with E-state index in [1.165, 1.54) is 4.88 Å². The maximum absolute atomic E-state index is 12.0. The summed E-state index contributed by atoms with van der Waals surface area (Å²) in [5.74, 6) is 0.739. The van der Waals surface area contributed by atoms with Crippen molar-refractivity contribution in [1.29, 1.82) is 0 Å². The first kappa shape index (κ1) is 13.7. The van der Waals surface area contributed by atoms with E-state index in [9.17, 15) is 4.79 Å². The van der Waals surface area contributed by atoms with Crippen LogP contribution in [0.5, 0.6) is 0 Å². The van der Waals surface area contributed by atoms with Gasteiger partial charge in [-0.25, -0.2) is 4.79 Å². The van der Waals surface area contributed by atoms with Crippen LogP contribution >= 0.6 is 22.9 Å². The van der Waals surface area contributed by atoms with Crippen molar-refractivity contribution in [2.45, 2.75) is 33.2 Å². The number of urea groups is 1. The molecule has 18 heavy (non-hydrogen) atoms. The number of carbonyl (C=O) groups excluding carboxylic acids is 1. The Bertz CT molecular complexity index is 425. The molecule has 2 amide bonds. The number of carbonyl (C=O) groups is 1. The molecule has 0 aromatic carbocycles. The Hall–Kier alpha value is -0.740. The Morgan fingerprint density at radius 1 is 1.56 bits per heavy atom. The number of rotatable bonds is 2. The highest BCUT2D eigenvalue weighted by Gasteiger charge is 2.20. The highest BCUT2D eigenvalue weighted by Crippen LogP contribution is 2.26. The first-order valence-electron chi connectivity index (χ1n) is 6.34. The summed E-state index contributed by atoms with van der Waals surface area (Å²) in [7, 11) is 0. The molecular weight excluding hydrogens is 268 g/mol. The molecule has 0 saturated carbocycles. The zero-order valence-corrected chi connectivity index (χ0v) is 12.4. The lowest BCUT2D eigenvalue weighted by atomic mass is 10.00. The second-order valence-corrected chi connectivity index (χ2v) is 6.84. The molecule has 1 aromatic rings. The summed E-state index contributed by atoms with van der Waals surface area (Å²) >= 11 is 7.64. The van der Waals surface area contributed by atoms with Gasteiger partial charge in [-0.1, -0.05) is 18.5 Å². The molecular formula is C13H19ClN2OS. The van der Waals surface area contributed by atoms with Crippen molar-refractivity contribution in [3.05, 3.63) is 20.8 Å². The number of likely N-dealkylation sites (tertiary alicyclic amines) is 1. The fourth-order valence-corrected chi connectivity index (χ4v) is 3.39. The van der Waals surface area contributed by atoms with Crippen LogP contribution in [-0.2, 0) is 6.54 Å². The van der Waals surface area contributed by atoms with E-state index >= 15 is 0 Å². The fraction of sp³-hybridized carbons (Fsp3) is 0.615. The number of amides is 2. The van der Waals surface area contributed by atoms with Gasteiger partial charge in [0.1, 0.15) is 0 Å². The molecule has 1 saturated heterocycles. The summed E-state index contributed by atoms with van der Waals surface area (Å²) in [5, 5.41) is 2.95. The molecule has 1 fully saturated rings. The van der Waals surface area contributed by atoms with Crippen molar-refractivity contribution >= 4 is 29.0 Å². The first-order chi connectivity index (χ1) is 8.56. The lowest BCUT2D eigenvalue weighted by molar-refractivity contribution is 0.173. The van der Waals surface area contributed by atoms with Crippen molar-refractivity contribution in [3.63, 3.8) is 0 Å². The lowest BCUT2D eigenvalue weighted by Crippen LogP contribution is -2.43. The number of thiophene rings is 1. The Balaban J connectivity index is 1.83. The van der Waals surface area contributed by atoms with Gasteiger partial charge >= 0.3 is 6.03 Å². The molecule has 100 valence electrons. The second-order valence-electron chi connectivity index (χ2n) is 4.98. The molecule has 1 aliphatic rings. The lowest BCUT2D eigenvalue weighted by Gasteiger charge is -2.30. The molecule has 0 bridgehead atoms. The minimum Gasteiger partial charge on any atom is -0.334 e. The van der Waals surface area contributed by atoms with Gasteiger partial charge in [-0.15, -0.1) is 11.3 Å². The van der Waals surface area contributed by atoms with Crippen LogP contribution < -0.4 is 5.32 Å². The minimum absolute atomic E-state index is 0.0295. The Morgan fingerprint density at radius 2 is 2.22 bits per heavy atom. The Labute approximate surface area is 117 Å². The van der Waals surface area contributed by atoms with E-state index < -0.39 is 0 Å². The minimum atomic E-state index is 0.0295. The summed E-state index contributed by atoms with van der Waals surface area (Å²) in [6.45, 7) is 6.51. The van der Waals surface area contributed by atoms with Crippen LogP contribution in [0.3, 0.4) is 0 Å². The van der Waals surface area contributed by atoms with Gasteiger partial charge < -0.3 is 10.2 Å². The number of halogens is 1. The predicted molar refractivity (Wildman–Crippen MR) is 76.3 cm³/mol. The number of nitrogens with zero attached hydrogens (tertiary/aromatic N) is 1. The zero-order valence-electron chi connectivity index (χ0n) is 10.8. The largest absolute Gasteiger partial charge is 0.334 e. The molecule has 0 radical (unpaired) electrons. The van der Waals surface area contributed by atoms with E-state index in [0.29, 0.717) is 6.54 Å². The van der Waals surface area contributed by atoms with Crippen molar-refractivity contribution in [2.75, 3.05) is 13.1 Å². The van der Waals surface area contributed by atoms with Gasteiger partial charge in [-0.05, 0) is 31.7 Å². The van der Waals surface area contributed by atoms with Gasteiger partial charge in [0.15, 0.2) is 0 Å². The van der Waals surface area contributed by atoms with Crippen LogP contribution in [0.1, 0.15) is 30.2 Å². The molecule has 2 heterocycles. The standard InChI is InChI=1S/C13H19ClN2OS/c1-9-3-5-16(6-4-9)13(17)15-8-11-7-10(2)18-12(11)14/h7,9H,3-6,8H2,1-2H3,(H,15,17). The Kier molecular flexibility index (Phi) is 4.51. The number of nitrogens with one attached hydrogen (secondary N) is 1. The topological polar surface area (TPSA) is 32.3 Å². The van der Waals surface area contributed by atoms with E-state index in [1.54, 1.807) is 11.3 Å². The molecule has 1 N–H and O–H groups in total. The number of hydrogen-bond acceptors (Lipinski definition) is 2. The molecule has 0 spiro atoms. The molecule has 0 aliphatic carbocycles. The number of hydrogen-bond donors (Lipinski definition) is 1. The van der Waals surface area contributed by atoms with Gasteiger partial charge in [0.05, 0.1) is 4.34 Å². The monoisotopic (exact) mass is 286 g/mol. The van der Waals surface area contributed by atoms with Crippen LogP contribution in [0.4, 0.5) is 4.79 Å². The molecule has 3 nitrogen and oxygen atoms in total. The predicted octanol–water partition coefficient (Wildman–Crippen LogP) is 3.65. The maximum atomic E-state index is 12.0. The van der Waals surface area contributed by atoms with E-state index in [1.807, 2.05) is 17.9 Å². The van der Waals surface area contributed by atoms with Gasteiger partial charge in [0, 0.05) is 30.1 Å². The molecule has 2 rings (SSSR count). The van der Waals surface area contributed by atoms with E-state index in [-0.39, 0.29) is 6.03 Å². The van der Waals surface area contributed by atoms with Crippen LogP contribution in [-0.4, -0.2) is 24.0 Å². The average Bonchev–Trinajstić information content (AvgIpc) is 2.66. The van der Waals surface area contributed by atoms with Crippen molar-refractivity contribution in [2.24, 2.45) is 5.92 Å². The third-order valence-corrected chi connectivity index (χ3v) is 4.74. The third-order valence-electron chi connectivity index (χ3n) is 3.38. The van der Waals surface area contributed by atoms with Gasteiger partial charge in [-0.2, -0.15) is 0 Å². The van der Waals surface area contributed by atoms with Crippen LogP contribution in [0.25, 0.3) is 0 Å². The number of piperidine rings is 1. The van der Waals surface area contributed by atoms with Crippen LogP contribution in [0.15, 0.2) is 6.07 Å². The molecule has 1 aromatic heterocycles. The smallest absolute Gasteiger partial charge is 0.317 e. The molecule has 0 unspecified atom stereocenters. The van der Waals surface area contributed by atoms with Crippen molar-refractivity contribution in [1.82, 2.24) is 10.2 Å². The fourth-order valence-electron chi connectivity index (χ4n) is 2.15. The highest BCUT2D eigenvalue weighted by molar-refractivity contribution is 7.16. The van der Waals surface area contributed by atoms with E-state index in [2.05, 4.69) is 12.2 Å². The van der Waals surface area contributed by atoms with Crippen LogP contribution in [0.2, 0.25) is 4.34 Å². The average molecular weight is 287 g/mol. The summed E-state index contributed by atoms with van der Waals surface area (Å²) in [6.07, 6.45) is 2.21. The van der Waals surface area contributed by atoms with E-state index in [4.69, 9.17) is 11.6 Å². The first-order valence-corrected chi connectivity index (χ1v) is 7.53. The zero-order chi connectivity index (χ0) is 13.1. The van der Waals surface area contributed by atoms with Crippen molar-refractivity contribution < 1.29 is 4.79 Å². The summed E-state index contributed by atoms with van der Waals surface area (Å²) < 4.78 is 0.778. The van der Waals surface area contributed by atoms with Crippen molar-refractivity contribution in [3.8, 4) is 0 Å². The Morgan fingerprint density at radius 3 is 2.78 bits per heavy atom. The van der Waals surface area contributed by atoms with Crippen LogP contribution in [0, 0.1) is 12.8 Å². The SMILES string of the molecule is Cc1cc(CNC(=O)N2CCC(C)CC2)c(Cl)s1. The third kappa shape index (κ3) is 3.39. The summed E-state index contributed by atoms with van der Waals surface area (Å²) in [6, 6.07) is 2.06. The highest BCUT2D eigenvalue weighted by atomic mass is 35.5. The van der Waals surface area contributed by atoms with Gasteiger partial charge in [0.25, 0.3) is 0 Å². The second kappa shape index (κ2) is 5.93. The normalized spacial score (nSPS) is 16.9. The quantitative estimate of drug-likeness (QED) is 0.884. The van der Waals surface area contributed by atoms with E-state index in [0.717, 1.165) is 41.7 Å². The molecule has 0 atom stereocenters. The molecule has 5 heteroatoms. The van der Waals surface area contributed by atoms with Gasteiger partial charge in [-0.3, -0.25) is 0 Å². The number of aryl methyl sites for hydroxylation is 1. The maximum Gasteiger partial charge on any atom is 0.317 e. The van der Waals surface area contributed by atoms with Gasteiger partial charge in [0.2, 0.25) is 0 Å². The summed E-state index contributed by atoms with van der Waals surface area (Å²) in [4.78, 5) is 15.0. The molecule has 1 aliphatic heterocycles.